The van der Waals surface area contributed by atoms with Gasteiger partial charge in [-0.3, -0.25) is 9.80 Å². The summed E-state index contributed by atoms with van der Waals surface area (Å²) in [6.45, 7) is 10.7. The first-order valence-corrected chi connectivity index (χ1v) is 10.0. The first kappa shape index (κ1) is 18.5. The molecule has 0 bridgehead atoms. The third-order valence-electron chi connectivity index (χ3n) is 6.35. The van der Waals surface area contributed by atoms with Crippen LogP contribution in [0.2, 0.25) is 0 Å². The lowest BCUT2D eigenvalue weighted by Gasteiger charge is -2.41. The number of fused-ring (bicyclic) bond motifs is 1. The van der Waals surface area contributed by atoms with E-state index in [0.29, 0.717) is 6.04 Å². The van der Waals surface area contributed by atoms with E-state index in [9.17, 15) is 4.39 Å². The molecule has 2 atom stereocenters. The summed E-state index contributed by atoms with van der Waals surface area (Å²) in [4.78, 5) is 5.07. The molecule has 27 heavy (non-hydrogen) atoms. The Morgan fingerprint density at radius 3 is 2.70 bits per heavy atom. The molecular weight excluding hydrogens is 343 g/mol. The predicted molar refractivity (Wildman–Crippen MR) is 102 cm³/mol. The zero-order valence-electron chi connectivity index (χ0n) is 16.5. The SMILES string of the molecule is CCC(C)(C)n1nnnc1C(c1ccc(F)cc1)N1CCN2CCCC2C1. The van der Waals surface area contributed by atoms with Crippen molar-refractivity contribution in [1.29, 1.82) is 0 Å². The monoisotopic (exact) mass is 372 g/mol. The Morgan fingerprint density at radius 2 is 1.96 bits per heavy atom. The van der Waals surface area contributed by atoms with E-state index in [-0.39, 0.29) is 17.4 Å². The van der Waals surface area contributed by atoms with Crippen molar-refractivity contribution in [2.45, 2.75) is 57.7 Å². The van der Waals surface area contributed by atoms with Gasteiger partial charge in [-0.15, -0.1) is 5.10 Å². The number of aromatic nitrogens is 4. The first-order valence-electron chi connectivity index (χ1n) is 10.0. The van der Waals surface area contributed by atoms with Crippen molar-refractivity contribution >= 4 is 0 Å². The summed E-state index contributed by atoms with van der Waals surface area (Å²) >= 11 is 0. The average molecular weight is 372 g/mol. The van der Waals surface area contributed by atoms with Gasteiger partial charge < -0.3 is 0 Å². The molecule has 1 aromatic heterocycles. The number of hydrogen-bond acceptors (Lipinski definition) is 5. The molecule has 0 N–H and O–H groups in total. The van der Waals surface area contributed by atoms with Gasteiger partial charge in [-0.05, 0) is 67.8 Å². The van der Waals surface area contributed by atoms with E-state index >= 15 is 0 Å². The van der Waals surface area contributed by atoms with Crippen LogP contribution in [-0.2, 0) is 5.54 Å². The topological polar surface area (TPSA) is 50.1 Å². The summed E-state index contributed by atoms with van der Waals surface area (Å²) in [5.74, 6) is 0.631. The number of tetrazole rings is 1. The fourth-order valence-electron chi connectivity index (χ4n) is 4.36. The van der Waals surface area contributed by atoms with E-state index in [1.54, 1.807) is 0 Å². The third kappa shape index (κ3) is 3.50. The first-order chi connectivity index (χ1) is 13.0. The van der Waals surface area contributed by atoms with Crippen LogP contribution in [0.1, 0.15) is 57.5 Å². The van der Waals surface area contributed by atoms with Crippen LogP contribution >= 0.6 is 0 Å². The average Bonchev–Trinajstić information content (AvgIpc) is 3.33. The number of hydrogen-bond donors (Lipinski definition) is 0. The Balaban J connectivity index is 1.73. The molecule has 2 aliphatic heterocycles. The zero-order chi connectivity index (χ0) is 19.0. The minimum Gasteiger partial charge on any atom is -0.298 e. The largest absolute Gasteiger partial charge is 0.298 e. The molecule has 0 amide bonds. The summed E-state index contributed by atoms with van der Waals surface area (Å²) in [5.41, 5.74) is 0.873. The second-order valence-corrected chi connectivity index (χ2v) is 8.40. The van der Waals surface area contributed by atoms with Gasteiger partial charge in [0.25, 0.3) is 0 Å². The summed E-state index contributed by atoms with van der Waals surface area (Å²) in [6, 6.07) is 7.36. The van der Waals surface area contributed by atoms with Gasteiger partial charge in [-0.2, -0.15) is 0 Å². The highest BCUT2D eigenvalue weighted by Crippen LogP contribution is 2.34. The van der Waals surface area contributed by atoms with Crippen molar-refractivity contribution in [1.82, 2.24) is 30.0 Å². The molecule has 0 saturated carbocycles. The maximum atomic E-state index is 13.6. The van der Waals surface area contributed by atoms with Crippen molar-refractivity contribution in [3.05, 3.63) is 41.5 Å². The van der Waals surface area contributed by atoms with Crippen molar-refractivity contribution in [2.75, 3.05) is 26.2 Å². The van der Waals surface area contributed by atoms with E-state index in [0.717, 1.165) is 37.4 Å². The Hall–Kier alpha value is -1.86. The van der Waals surface area contributed by atoms with Gasteiger partial charge >= 0.3 is 0 Å². The van der Waals surface area contributed by atoms with Crippen LogP contribution in [0.5, 0.6) is 0 Å². The standard InChI is InChI=1S/C20H29FN6/c1-4-20(2,3)27-19(22-23-24-27)18(15-7-9-16(21)10-8-15)26-13-12-25-11-5-6-17(25)14-26/h7-10,17-18H,4-6,11-14H2,1-3H3. The number of halogens is 1. The van der Waals surface area contributed by atoms with E-state index < -0.39 is 0 Å². The normalized spacial score (nSPS) is 22.7. The van der Waals surface area contributed by atoms with Crippen LogP contribution in [-0.4, -0.2) is 62.2 Å². The number of benzene rings is 1. The molecule has 0 spiro atoms. The van der Waals surface area contributed by atoms with Crippen LogP contribution < -0.4 is 0 Å². The highest BCUT2D eigenvalue weighted by molar-refractivity contribution is 5.26. The molecule has 0 aliphatic carbocycles. The number of piperazine rings is 1. The van der Waals surface area contributed by atoms with Gasteiger partial charge in [0.2, 0.25) is 0 Å². The number of nitrogens with zero attached hydrogens (tertiary/aromatic N) is 6. The second kappa shape index (κ2) is 7.28. The summed E-state index contributed by atoms with van der Waals surface area (Å²) in [7, 11) is 0. The summed E-state index contributed by atoms with van der Waals surface area (Å²) in [5, 5.41) is 12.8. The molecule has 7 heteroatoms. The number of rotatable bonds is 5. The molecule has 2 aliphatic rings. The van der Waals surface area contributed by atoms with Gasteiger partial charge in [0, 0.05) is 25.7 Å². The Kier molecular flexibility index (Phi) is 4.99. The van der Waals surface area contributed by atoms with Gasteiger partial charge in [0.1, 0.15) is 5.82 Å². The Bertz CT molecular complexity index is 771. The van der Waals surface area contributed by atoms with Gasteiger partial charge in [0.05, 0.1) is 11.6 Å². The van der Waals surface area contributed by atoms with Crippen LogP contribution in [0.15, 0.2) is 24.3 Å². The maximum Gasteiger partial charge on any atom is 0.173 e. The van der Waals surface area contributed by atoms with Crippen molar-refractivity contribution in [2.24, 2.45) is 0 Å². The van der Waals surface area contributed by atoms with Crippen LogP contribution in [0, 0.1) is 5.82 Å². The third-order valence-corrected chi connectivity index (χ3v) is 6.35. The molecule has 2 fully saturated rings. The molecule has 0 radical (unpaired) electrons. The fourth-order valence-corrected chi connectivity index (χ4v) is 4.36. The van der Waals surface area contributed by atoms with E-state index in [1.165, 1.54) is 31.5 Å². The smallest absolute Gasteiger partial charge is 0.173 e. The molecule has 4 rings (SSSR count). The molecule has 3 heterocycles. The maximum absolute atomic E-state index is 13.6. The minimum atomic E-state index is -0.216. The molecular formula is C20H29FN6. The predicted octanol–water partition coefficient (Wildman–Crippen LogP) is 2.83. The second-order valence-electron chi connectivity index (χ2n) is 8.40. The van der Waals surface area contributed by atoms with Crippen molar-refractivity contribution in [3.63, 3.8) is 0 Å². The fraction of sp³-hybridized carbons (Fsp3) is 0.650. The van der Waals surface area contributed by atoms with Crippen molar-refractivity contribution < 1.29 is 4.39 Å². The highest BCUT2D eigenvalue weighted by Gasteiger charge is 2.38. The van der Waals surface area contributed by atoms with Gasteiger partial charge in [0.15, 0.2) is 5.82 Å². The molecule has 6 nitrogen and oxygen atoms in total. The lowest BCUT2D eigenvalue weighted by Crippen LogP contribution is -2.51. The Labute approximate surface area is 160 Å². The zero-order valence-corrected chi connectivity index (χ0v) is 16.5. The van der Waals surface area contributed by atoms with E-state index in [4.69, 9.17) is 0 Å². The molecule has 2 saturated heterocycles. The molecule has 2 aromatic rings. The van der Waals surface area contributed by atoms with Crippen LogP contribution in [0.3, 0.4) is 0 Å². The van der Waals surface area contributed by atoms with Crippen LogP contribution in [0.25, 0.3) is 0 Å². The van der Waals surface area contributed by atoms with Gasteiger partial charge in [-0.25, -0.2) is 9.07 Å². The summed E-state index contributed by atoms with van der Waals surface area (Å²) < 4.78 is 15.5. The Morgan fingerprint density at radius 1 is 1.19 bits per heavy atom. The molecule has 1 aromatic carbocycles. The molecule has 2 unspecified atom stereocenters. The highest BCUT2D eigenvalue weighted by atomic mass is 19.1. The minimum absolute atomic E-state index is 0.0609. The van der Waals surface area contributed by atoms with Crippen LogP contribution in [0.4, 0.5) is 4.39 Å². The molecule has 146 valence electrons. The summed E-state index contributed by atoms with van der Waals surface area (Å²) in [6.07, 6.45) is 3.45. The van der Waals surface area contributed by atoms with E-state index in [2.05, 4.69) is 46.1 Å². The van der Waals surface area contributed by atoms with Gasteiger partial charge in [-0.1, -0.05) is 19.1 Å². The van der Waals surface area contributed by atoms with E-state index in [1.807, 2.05) is 16.8 Å². The lowest BCUT2D eigenvalue weighted by atomic mass is 9.98. The lowest BCUT2D eigenvalue weighted by molar-refractivity contribution is 0.0770. The van der Waals surface area contributed by atoms with Crippen molar-refractivity contribution in [3.8, 4) is 0 Å². The quantitative estimate of drug-likeness (QED) is 0.808.